The van der Waals surface area contributed by atoms with Crippen molar-refractivity contribution in [2.45, 2.75) is 34.8 Å². The van der Waals surface area contributed by atoms with Gasteiger partial charge in [-0.15, -0.1) is 11.8 Å². The van der Waals surface area contributed by atoms with Crippen LogP contribution in [0, 0.1) is 10.1 Å². The van der Waals surface area contributed by atoms with E-state index in [9.17, 15) is 18.5 Å². The molecule has 0 aliphatic carbocycles. The summed E-state index contributed by atoms with van der Waals surface area (Å²) in [5.74, 6) is 1.03. The molecule has 0 amide bonds. The lowest BCUT2D eigenvalue weighted by atomic mass is 9.96. The van der Waals surface area contributed by atoms with Crippen LogP contribution in [0.4, 0.5) is 17.2 Å². The average molecular weight is 880 g/mol. The van der Waals surface area contributed by atoms with E-state index in [1.807, 2.05) is 59.6 Å². The van der Waals surface area contributed by atoms with Gasteiger partial charge in [0.05, 0.1) is 46.0 Å². The van der Waals surface area contributed by atoms with Crippen LogP contribution in [0.25, 0.3) is 22.2 Å². The minimum Gasteiger partial charge on any atom is -0.379 e. The number of nitrogens with zero attached hydrogens (tertiary/aromatic N) is 7. The number of morpholine rings is 1. The summed E-state index contributed by atoms with van der Waals surface area (Å²) in [7, 11) is -4.33. The van der Waals surface area contributed by atoms with E-state index in [1.165, 1.54) is 35.7 Å². The Morgan fingerprint density at radius 3 is 2.36 bits per heavy atom. The number of rotatable bonds is 15. The maximum absolute atomic E-state index is 13.0. The Bertz CT molecular complexity index is 2580. The minimum absolute atomic E-state index is 0.0644. The number of aromatic nitrogens is 3. The lowest BCUT2D eigenvalue weighted by Gasteiger charge is -2.37. The third-order valence-corrected chi connectivity index (χ3v) is 13.6. The van der Waals surface area contributed by atoms with E-state index < -0.39 is 21.0 Å². The number of hydrogen-bond donors (Lipinski definition) is 2. The molecule has 8 rings (SSSR count). The van der Waals surface area contributed by atoms with Gasteiger partial charge < -0.3 is 15.0 Å². The van der Waals surface area contributed by atoms with Crippen LogP contribution >= 0.6 is 23.4 Å². The highest BCUT2D eigenvalue weighted by Crippen LogP contribution is 2.39. The first-order valence-corrected chi connectivity index (χ1v) is 23.0. The van der Waals surface area contributed by atoms with Gasteiger partial charge in [-0.05, 0) is 59.5 Å². The summed E-state index contributed by atoms with van der Waals surface area (Å²) in [6, 6.07) is 31.4. The number of nitro benzene ring substituents is 1. The van der Waals surface area contributed by atoms with Gasteiger partial charge in [-0.25, -0.2) is 28.5 Å². The summed E-state index contributed by atoms with van der Waals surface area (Å²) in [6.07, 6.45) is 3.65. The van der Waals surface area contributed by atoms with Crippen LogP contribution in [0.5, 0.6) is 0 Å². The number of nitrogens with two attached hydrogens (primary N) is 1. The lowest BCUT2D eigenvalue weighted by molar-refractivity contribution is -0.386. The third-order valence-electron chi connectivity index (χ3n) is 11.2. The standard InChI is InChI=1S/C44H46ClN9O5S2/c45-33-15-13-31(14-16-33)37-10-5-4-7-32(37)28-51-17-19-52(20-18-51)35-26-38-43(47-27-35)44(49-30-48-38)50-34(29-60-36-8-2-1-3-9-36)25-40(53-21-23-59-24-22-53)42-39(54(55)56)11-6-12-41(42)61(46,57)58/h1-16,26-27,30,34,40H,17-25,28-29H2,(H2,46,57,58)(H,48,49,50)/t34?,40-/m1/s1. The number of primary sulfonamides is 1. The van der Waals surface area contributed by atoms with E-state index in [0.29, 0.717) is 48.9 Å². The molecule has 0 spiro atoms. The van der Waals surface area contributed by atoms with Crippen LogP contribution in [0.15, 0.2) is 125 Å². The van der Waals surface area contributed by atoms with E-state index in [-0.39, 0.29) is 28.6 Å². The number of benzene rings is 4. The predicted molar refractivity (Wildman–Crippen MR) is 241 cm³/mol. The Morgan fingerprint density at radius 2 is 1.62 bits per heavy atom. The predicted octanol–water partition coefficient (Wildman–Crippen LogP) is 7.26. The number of ether oxygens (including phenoxy) is 1. The molecule has 2 aromatic heterocycles. The zero-order valence-electron chi connectivity index (χ0n) is 33.3. The van der Waals surface area contributed by atoms with Crippen molar-refractivity contribution < 1.29 is 18.1 Å². The molecular formula is C44H46ClN9O5S2. The van der Waals surface area contributed by atoms with E-state index in [4.69, 9.17) is 26.5 Å². The topological polar surface area (TPSA) is 173 Å². The Hall–Kier alpha value is -5.20. The fourth-order valence-electron chi connectivity index (χ4n) is 8.14. The molecule has 3 N–H and O–H groups in total. The van der Waals surface area contributed by atoms with Crippen LogP contribution in [-0.2, 0) is 21.3 Å². The van der Waals surface area contributed by atoms with Crippen molar-refractivity contribution in [1.82, 2.24) is 24.8 Å². The number of fused-ring (bicyclic) bond motifs is 1. The SMILES string of the molecule is NS(=O)(=O)c1cccc([N+](=O)[O-])c1[C@@H](CC(CSc1ccccc1)Nc1ncnc2cc(N3CCN(Cc4ccccc4-c4ccc(Cl)cc4)CC3)cnc12)N1CCOCC1. The molecule has 0 saturated carbocycles. The van der Waals surface area contributed by atoms with Crippen LogP contribution in [-0.4, -0.2) is 102 Å². The monoisotopic (exact) mass is 879 g/mol. The molecule has 2 aliphatic heterocycles. The molecule has 61 heavy (non-hydrogen) atoms. The maximum Gasteiger partial charge on any atom is 0.275 e. The highest BCUT2D eigenvalue weighted by Gasteiger charge is 2.36. The van der Waals surface area contributed by atoms with Crippen molar-refractivity contribution in [3.05, 3.63) is 142 Å². The zero-order valence-corrected chi connectivity index (χ0v) is 35.7. The van der Waals surface area contributed by atoms with Crippen molar-refractivity contribution in [2.24, 2.45) is 5.14 Å². The molecule has 2 fully saturated rings. The average Bonchev–Trinajstić information content (AvgIpc) is 3.28. The van der Waals surface area contributed by atoms with Crippen molar-refractivity contribution in [3.63, 3.8) is 0 Å². The summed E-state index contributed by atoms with van der Waals surface area (Å²) >= 11 is 7.79. The minimum atomic E-state index is -4.33. The van der Waals surface area contributed by atoms with Gasteiger partial charge in [0.2, 0.25) is 10.0 Å². The van der Waals surface area contributed by atoms with Crippen molar-refractivity contribution in [2.75, 3.05) is 68.5 Å². The molecular weight excluding hydrogens is 834 g/mol. The molecule has 6 aromatic rings. The normalized spacial score (nSPS) is 16.3. The van der Waals surface area contributed by atoms with Crippen molar-refractivity contribution in [3.8, 4) is 11.1 Å². The number of hydrogen-bond acceptors (Lipinski definition) is 13. The van der Waals surface area contributed by atoms with Crippen molar-refractivity contribution >= 4 is 61.6 Å². The Morgan fingerprint density at radius 1 is 0.885 bits per heavy atom. The Balaban J connectivity index is 1.04. The van der Waals surface area contributed by atoms with E-state index >= 15 is 0 Å². The van der Waals surface area contributed by atoms with Crippen molar-refractivity contribution in [1.29, 1.82) is 0 Å². The largest absolute Gasteiger partial charge is 0.379 e. The first-order chi connectivity index (χ1) is 29.6. The smallest absolute Gasteiger partial charge is 0.275 e. The molecule has 316 valence electrons. The van der Waals surface area contributed by atoms with Gasteiger partial charge in [0, 0.05) is 79.6 Å². The number of halogens is 1. The van der Waals surface area contributed by atoms with Crippen LogP contribution < -0.4 is 15.4 Å². The van der Waals surface area contributed by atoms with E-state index in [2.05, 4.69) is 61.5 Å². The van der Waals surface area contributed by atoms with Crippen LogP contribution in [0.3, 0.4) is 0 Å². The van der Waals surface area contributed by atoms with E-state index in [1.54, 1.807) is 11.8 Å². The molecule has 4 heterocycles. The maximum atomic E-state index is 13.0. The Kier molecular flexibility index (Phi) is 13.4. The highest BCUT2D eigenvalue weighted by molar-refractivity contribution is 7.99. The molecule has 2 atom stereocenters. The second-order valence-corrected chi connectivity index (χ2v) is 18.1. The fourth-order valence-corrected chi connectivity index (χ4v) is 10.0. The first kappa shape index (κ1) is 42.5. The van der Waals surface area contributed by atoms with Crippen LogP contribution in [0.2, 0.25) is 5.02 Å². The van der Waals surface area contributed by atoms with Crippen LogP contribution in [0.1, 0.15) is 23.6 Å². The summed E-state index contributed by atoms with van der Waals surface area (Å²) in [5.41, 5.74) is 5.60. The molecule has 17 heteroatoms. The van der Waals surface area contributed by atoms with Gasteiger partial charge in [-0.2, -0.15) is 0 Å². The number of nitrogens with one attached hydrogen (secondary N) is 1. The van der Waals surface area contributed by atoms with Gasteiger partial charge >= 0.3 is 0 Å². The summed E-state index contributed by atoms with van der Waals surface area (Å²) in [4.78, 5) is 33.7. The second kappa shape index (κ2) is 19.2. The molecule has 0 bridgehead atoms. The summed E-state index contributed by atoms with van der Waals surface area (Å²) < 4.78 is 31.7. The van der Waals surface area contributed by atoms with Gasteiger partial charge in [0.1, 0.15) is 11.8 Å². The zero-order chi connectivity index (χ0) is 42.3. The van der Waals surface area contributed by atoms with Gasteiger partial charge in [-0.1, -0.05) is 72.3 Å². The highest BCUT2D eigenvalue weighted by atomic mass is 35.5. The molecule has 4 aromatic carbocycles. The molecule has 14 nitrogen and oxygen atoms in total. The fraction of sp³-hybridized carbons (Fsp3) is 0.295. The summed E-state index contributed by atoms with van der Waals surface area (Å²) in [5, 5.41) is 22.6. The number of pyridine rings is 1. The number of sulfonamides is 1. The van der Waals surface area contributed by atoms with Gasteiger partial charge in [0.15, 0.2) is 5.82 Å². The number of nitro groups is 1. The number of anilines is 2. The van der Waals surface area contributed by atoms with Gasteiger partial charge in [-0.3, -0.25) is 19.9 Å². The number of thioether (sulfide) groups is 1. The van der Waals surface area contributed by atoms with Gasteiger partial charge in [0.25, 0.3) is 5.69 Å². The molecule has 2 aliphatic rings. The molecule has 0 radical (unpaired) electrons. The lowest BCUT2D eigenvalue weighted by Crippen LogP contribution is -2.46. The molecule has 2 saturated heterocycles. The molecule has 1 unspecified atom stereocenters. The second-order valence-electron chi connectivity index (χ2n) is 15.1. The summed E-state index contributed by atoms with van der Waals surface area (Å²) in [6.45, 7) is 5.92. The first-order valence-electron chi connectivity index (χ1n) is 20.1. The van der Waals surface area contributed by atoms with E-state index in [0.717, 1.165) is 53.9 Å². The third kappa shape index (κ3) is 10.3. The quantitative estimate of drug-likeness (QED) is 0.0600. The Labute approximate surface area is 364 Å². The number of piperazine rings is 1.